The lowest BCUT2D eigenvalue weighted by atomic mass is 10.0. The van der Waals surface area contributed by atoms with Crippen LogP contribution in [0.4, 0.5) is 0 Å². The summed E-state index contributed by atoms with van der Waals surface area (Å²) in [6, 6.07) is 29.8. The SMILES string of the molecule is c1ccc(P2c3ccc(cc3)CCCCCc3ccc2cc3)cc1. The molecule has 0 amide bonds. The Labute approximate surface area is 146 Å². The van der Waals surface area contributed by atoms with Crippen LogP contribution in [0.5, 0.6) is 0 Å². The summed E-state index contributed by atoms with van der Waals surface area (Å²) in [6.07, 6.45) is 6.33. The van der Waals surface area contributed by atoms with Crippen molar-refractivity contribution in [2.45, 2.75) is 32.1 Å². The Bertz CT molecular complexity index is 723. The van der Waals surface area contributed by atoms with E-state index in [1.54, 1.807) is 0 Å². The van der Waals surface area contributed by atoms with Crippen molar-refractivity contribution >= 4 is 23.8 Å². The molecular formula is C23H23P. The Balaban J connectivity index is 1.82. The lowest BCUT2D eigenvalue weighted by Gasteiger charge is -2.20. The molecular weight excluding hydrogens is 307 g/mol. The Morgan fingerprint density at radius 3 is 1.42 bits per heavy atom. The van der Waals surface area contributed by atoms with Crippen LogP contribution in [0.15, 0.2) is 78.9 Å². The fourth-order valence-electron chi connectivity index (χ4n) is 3.48. The molecule has 0 aromatic heterocycles. The third-order valence-corrected chi connectivity index (χ3v) is 7.28. The highest BCUT2D eigenvalue weighted by Crippen LogP contribution is 2.33. The largest absolute Gasteiger partial charge is 0.0622 e. The highest BCUT2D eigenvalue weighted by Gasteiger charge is 2.16. The second kappa shape index (κ2) is 7.32. The van der Waals surface area contributed by atoms with Crippen LogP contribution in [0.25, 0.3) is 0 Å². The van der Waals surface area contributed by atoms with Gasteiger partial charge in [-0.2, -0.15) is 0 Å². The van der Waals surface area contributed by atoms with Crippen molar-refractivity contribution in [3.8, 4) is 0 Å². The maximum absolute atomic E-state index is 2.35. The van der Waals surface area contributed by atoms with Crippen molar-refractivity contribution in [1.82, 2.24) is 0 Å². The van der Waals surface area contributed by atoms with Gasteiger partial charge in [-0.25, -0.2) is 0 Å². The second-order valence-corrected chi connectivity index (χ2v) is 8.78. The Hall–Kier alpha value is -1.91. The van der Waals surface area contributed by atoms with Crippen molar-refractivity contribution in [3.63, 3.8) is 0 Å². The normalized spacial score (nSPS) is 15.3. The highest BCUT2D eigenvalue weighted by molar-refractivity contribution is 7.79. The quantitative estimate of drug-likeness (QED) is 0.567. The number of hydrogen-bond donors (Lipinski definition) is 0. The predicted octanol–water partition coefficient (Wildman–Crippen LogP) is 4.71. The molecule has 0 nitrogen and oxygen atoms in total. The van der Waals surface area contributed by atoms with E-state index in [0.717, 1.165) is 0 Å². The summed E-state index contributed by atoms with van der Waals surface area (Å²) in [5.74, 6) is 0. The first-order chi connectivity index (χ1) is 11.9. The van der Waals surface area contributed by atoms with Crippen molar-refractivity contribution in [3.05, 3.63) is 90.0 Å². The number of hydrogen-bond acceptors (Lipinski definition) is 0. The van der Waals surface area contributed by atoms with E-state index in [1.165, 1.54) is 59.1 Å². The zero-order valence-electron chi connectivity index (χ0n) is 14.0. The minimum atomic E-state index is -0.467. The molecule has 0 aliphatic carbocycles. The zero-order valence-corrected chi connectivity index (χ0v) is 14.9. The molecule has 24 heavy (non-hydrogen) atoms. The maximum Gasteiger partial charge on any atom is -0.0134 e. The monoisotopic (exact) mass is 330 g/mol. The molecule has 4 aliphatic heterocycles. The molecule has 0 saturated carbocycles. The molecule has 7 rings (SSSR count). The summed E-state index contributed by atoms with van der Waals surface area (Å²) in [5, 5.41) is 4.33. The fraction of sp³-hybridized carbons (Fsp3) is 0.217. The average Bonchev–Trinajstić information content (AvgIpc) is 2.65. The highest BCUT2D eigenvalue weighted by atomic mass is 31.1. The van der Waals surface area contributed by atoms with E-state index in [4.69, 9.17) is 0 Å². The molecule has 0 unspecified atom stereocenters. The minimum Gasteiger partial charge on any atom is -0.0622 e. The lowest BCUT2D eigenvalue weighted by Crippen LogP contribution is -2.20. The van der Waals surface area contributed by atoms with Crippen molar-refractivity contribution in [1.29, 1.82) is 0 Å². The summed E-state index contributed by atoms with van der Waals surface area (Å²) in [5.41, 5.74) is 2.96. The van der Waals surface area contributed by atoms with Gasteiger partial charge in [0.25, 0.3) is 0 Å². The van der Waals surface area contributed by atoms with Gasteiger partial charge in [0.05, 0.1) is 0 Å². The summed E-state index contributed by atoms with van der Waals surface area (Å²) < 4.78 is 0. The molecule has 0 spiro atoms. The molecule has 0 radical (unpaired) electrons. The van der Waals surface area contributed by atoms with Gasteiger partial charge < -0.3 is 0 Å². The molecule has 4 aliphatic rings. The second-order valence-electron chi connectivity index (χ2n) is 6.56. The zero-order chi connectivity index (χ0) is 16.2. The van der Waals surface area contributed by atoms with Crippen LogP contribution in [-0.2, 0) is 12.8 Å². The Kier molecular flexibility index (Phi) is 4.76. The number of aryl methyl sites for hydroxylation is 2. The molecule has 0 atom stereocenters. The number of rotatable bonds is 1. The van der Waals surface area contributed by atoms with Gasteiger partial charge in [-0.3, -0.25) is 0 Å². The molecule has 0 saturated heterocycles. The molecule has 4 heterocycles. The van der Waals surface area contributed by atoms with Crippen molar-refractivity contribution in [2.75, 3.05) is 0 Å². The van der Waals surface area contributed by atoms with Gasteiger partial charge in [-0.1, -0.05) is 85.3 Å². The van der Waals surface area contributed by atoms with E-state index in [-0.39, 0.29) is 0 Å². The topological polar surface area (TPSA) is 0 Å². The van der Waals surface area contributed by atoms with Gasteiger partial charge in [0.2, 0.25) is 0 Å². The van der Waals surface area contributed by atoms with E-state index in [1.807, 2.05) is 0 Å². The molecule has 1 heteroatoms. The molecule has 3 aromatic carbocycles. The van der Waals surface area contributed by atoms with Crippen LogP contribution in [-0.4, -0.2) is 0 Å². The first-order valence-electron chi connectivity index (χ1n) is 8.93. The average molecular weight is 330 g/mol. The van der Waals surface area contributed by atoms with Crippen LogP contribution in [0.2, 0.25) is 0 Å². The van der Waals surface area contributed by atoms with Gasteiger partial charge in [0, 0.05) is 0 Å². The summed E-state index contributed by atoms with van der Waals surface area (Å²) in [7, 11) is -0.467. The summed E-state index contributed by atoms with van der Waals surface area (Å²) in [6.45, 7) is 0. The summed E-state index contributed by atoms with van der Waals surface area (Å²) >= 11 is 0. The van der Waals surface area contributed by atoms with Gasteiger partial charge >= 0.3 is 0 Å². The van der Waals surface area contributed by atoms with Crippen molar-refractivity contribution in [2.24, 2.45) is 0 Å². The standard InChI is InChI=1S/C23H23P/c1-3-7-19-11-15-22(16-12-19)24(21-9-5-2-6-10-21)23-17-13-20(8-4-1)14-18-23/h2,5-6,9-18H,1,3-4,7-8H2. The Morgan fingerprint density at radius 1 is 0.458 bits per heavy atom. The van der Waals surface area contributed by atoms with Crippen LogP contribution < -0.4 is 15.9 Å². The molecule has 0 fully saturated rings. The predicted molar refractivity (Wildman–Crippen MR) is 106 cm³/mol. The van der Waals surface area contributed by atoms with Gasteiger partial charge in [0.1, 0.15) is 0 Å². The molecule has 0 N–H and O–H groups in total. The van der Waals surface area contributed by atoms with E-state index in [9.17, 15) is 0 Å². The Morgan fingerprint density at radius 2 is 0.917 bits per heavy atom. The van der Waals surface area contributed by atoms with E-state index in [2.05, 4.69) is 78.9 Å². The van der Waals surface area contributed by atoms with E-state index >= 15 is 0 Å². The van der Waals surface area contributed by atoms with Crippen LogP contribution >= 0.6 is 7.92 Å². The summed E-state index contributed by atoms with van der Waals surface area (Å²) in [4.78, 5) is 0. The molecule has 3 aromatic rings. The smallest absolute Gasteiger partial charge is 0.0134 e. The fourth-order valence-corrected chi connectivity index (χ4v) is 5.74. The first-order valence-corrected chi connectivity index (χ1v) is 10.3. The third kappa shape index (κ3) is 3.45. The van der Waals surface area contributed by atoms with Gasteiger partial charge in [-0.15, -0.1) is 0 Å². The van der Waals surface area contributed by atoms with E-state index < -0.39 is 7.92 Å². The van der Waals surface area contributed by atoms with Crippen LogP contribution in [0.3, 0.4) is 0 Å². The van der Waals surface area contributed by atoms with Crippen LogP contribution in [0, 0.1) is 0 Å². The lowest BCUT2D eigenvalue weighted by molar-refractivity contribution is 0.678. The van der Waals surface area contributed by atoms with Crippen molar-refractivity contribution < 1.29 is 0 Å². The van der Waals surface area contributed by atoms with Gasteiger partial charge in [0.15, 0.2) is 0 Å². The molecule has 4 bridgehead atoms. The maximum atomic E-state index is 2.35. The number of benzene rings is 3. The van der Waals surface area contributed by atoms with E-state index in [0.29, 0.717) is 0 Å². The first kappa shape index (κ1) is 15.6. The van der Waals surface area contributed by atoms with Crippen LogP contribution in [0.1, 0.15) is 30.4 Å². The third-order valence-electron chi connectivity index (χ3n) is 4.83. The minimum absolute atomic E-state index is 0.467. The molecule has 120 valence electrons. The van der Waals surface area contributed by atoms with Gasteiger partial charge in [-0.05, 0) is 60.6 Å².